The Bertz CT molecular complexity index is 660. The van der Waals surface area contributed by atoms with Gasteiger partial charge < -0.3 is 4.74 Å². The van der Waals surface area contributed by atoms with Crippen LogP contribution in [0.1, 0.15) is 23.6 Å². The van der Waals surface area contributed by atoms with Crippen LogP contribution in [0.5, 0.6) is 5.75 Å². The highest BCUT2D eigenvalue weighted by Gasteiger charge is 2.15. The summed E-state index contributed by atoms with van der Waals surface area (Å²) in [5.74, 6) is -2.54. The van der Waals surface area contributed by atoms with E-state index in [2.05, 4.69) is 0 Å². The summed E-state index contributed by atoms with van der Waals surface area (Å²) in [5.41, 5.74) is 0.390. The second-order valence-corrected chi connectivity index (χ2v) is 4.52. The molecule has 4 heteroatoms. The standard InChI is InChI=1S/C17H15F3O/c1-3-11-4-9-14(15(18)10-11)17(20)16(19)12-5-7-13(21-2)8-6-12/h4-10H,3H2,1-2H3/b17-16+. The van der Waals surface area contributed by atoms with Crippen LogP contribution in [0.25, 0.3) is 11.7 Å². The predicted octanol–water partition coefficient (Wildman–Crippen LogP) is 5.16. The quantitative estimate of drug-likeness (QED) is 0.707. The minimum Gasteiger partial charge on any atom is -0.497 e. The first-order valence-corrected chi connectivity index (χ1v) is 6.55. The van der Waals surface area contributed by atoms with E-state index in [1.54, 1.807) is 6.07 Å². The molecular formula is C17H15F3O. The van der Waals surface area contributed by atoms with Gasteiger partial charge in [-0.3, -0.25) is 0 Å². The van der Waals surface area contributed by atoms with Gasteiger partial charge in [0.2, 0.25) is 0 Å². The third kappa shape index (κ3) is 3.27. The first kappa shape index (κ1) is 15.2. The molecule has 0 aromatic heterocycles. The lowest BCUT2D eigenvalue weighted by Crippen LogP contribution is -1.92. The van der Waals surface area contributed by atoms with Gasteiger partial charge in [-0.1, -0.05) is 13.0 Å². The molecule has 0 N–H and O–H groups in total. The molecule has 0 heterocycles. The second-order valence-electron chi connectivity index (χ2n) is 4.52. The van der Waals surface area contributed by atoms with Gasteiger partial charge in [0.25, 0.3) is 0 Å². The molecule has 0 aliphatic heterocycles. The molecule has 110 valence electrons. The fraction of sp³-hybridized carbons (Fsp3) is 0.176. The largest absolute Gasteiger partial charge is 0.497 e. The average Bonchev–Trinajstić information content (AvgIpc) is 2.53. The fourth-order valence-electron chi connectivity index (χ4n) is 1.94. The van der Waals surface area contributed by atoms with Crippen LogP contribution < -0.4 is 4.74 Å². The van der Waals surface area contributed by atoms with Crippen LogP contribution >= 0.6 is 0 Å². The molecule has 0 saturated carbocycles. The molecule has 0 amide bonds. The molecule has 0 radical (unpaired) electrons. The van der Waals surface area contributed by atoms with E-state index >= 15 is 0 Å². The van der Waals surface area contributed by atoms with Gasteiger partial charge in [-0.15, -0.1) is 0 Å². The molecule has 0 aliphatic carbocycles. The number of methoxy groups -OCH3 is 1. The summed E-state index contributed by atoms with van der Waals surface area (Å²) in [5, 5.41) is 0. The van der Waals surface area contributed by atoms with Crippen molar-refractivity contribution in [2.75, 3.05) is 7.11 Å². The van der Waals surface area contributed by atoms with Gasteiger partial charge >= 0.3 is 0 Å². The Morgan fingerprint density at radius 3 is 2.19 bits per heavy atom. The number of hydrogen-bond acceptors (Lipinski definition) is 1. The van der Waals surface area contributed by atoms with E-state index in [1.165, 1.54) is 43.5 Å². The van der Waals surface area contributed by atoms with Crippen molar-refractivity contribution in [2.45, 2.75) is 13.3 Å². The van der Waals surface area contributed by atoms with Crippen LogP contribution in [0.15, 0.2) is 42.5 Å². The smallest absolute Gasteiger partial charge is 0.169 e. The van der Waals surface area contributed by atoms with Crippen LogP contribution in [0, 0.1) is 5.82 Å². The maximum Gasteiger partial charge on any atom is 0.169 e. The Kier molecular flexibility index (Phi) is 4.68. The molecule has 0 aliphatic rings. The van der Waals surface area contributed by atoms with E-state index in [0.717, 1.165) is 5.56 Å². The molecule has 2 aromatic rings. The highest BCUT2D eigenvalue weighted by molar-refractivity contribution is 5.83. The van der Waals surface area contributed by atoms with Gasteiger partial charge in [-0.25, -0.2) is 13.2 Å². The summed E-state index contributed by atoms with van der Waals surface area (Å²) in [7, 11) is 1.48. The normalized spacial score (nSPS) is 12.0. The summed E-state index contributed by atoms with van der Waals surface area (Å²) in [4.78, 5) is 0. The second kappa shape index (κ2) is 6.48. The number of halogens is 3. The Morgan fingerprint density at radius 1 is 1.00 bits per heavy atom. The van der Waals surface area contributed by atoms with Crippen molar-refractivity contribution in [1.29, 1.82) is 0 Å². The number of aryl methyl sites for hydroxylation is 1. The third-order valence-electron chi connectivity index (χ3n) is 3.21. The van der Waals surface area contributed by atoms with Gasteiger partial charge in [-0.05, 0) is 48.4 Å². The molecule has 1 nitrogen and oxygen atoms in total. The molecule has 2 rings (SSSR count). The topological polar surface area (TPSA) is 9.23 Å². The summed E-state index contributed by atoms with van der Waals surface area (Å²) < 4.78 is 47.0. The Balaban J connectivity index is 2.41. The van der Waals surface area contributed by atoms with E-state index in [9.17, 15) is 13.2 Å². The minimum absolute atomic E-state index is 0.0345. The van der Waals surface area contributed by atoms with Crippen molar-refractivity contribution in [3.63, 3.8) is 0 Å². The van der Waals surface area contributed by atoms with Gasteiger partial charge in [0, 0.05) is 11.1 Å². The lowest BCUT2D eigenvalue weighted by molar-refractivity contribution is 0.414. The van der Waals surface area contributed by atoms with E-state index in [-0.39, 0.29) is 11.1 Å². The number of benzene rings is 2. The van der Waals surface area contributed by atoms with Crippen molar-refractivity contribution in [3.8, 4) is 5.75 Å². The summed E-state index contributed by atoms with van der Waals surface area (Å²) in [6.07, 6.45) is 0.628. The number of hydrogen-bond donors (Lipinski definition) is 0. The maximum absolute atomic E-state index is 14.1. The van der Waals surface area contributed by atoms with Crippen molar-refractivity contribution in [1.82, 2.24) is 0 Å². The fourth-order valence-corrected chi connectivity index (χ4v) is 1.94. The number of rotatable bonds is 4. The highest BCUT2D eigenvalue weighted by Crippen LogP contribution is 2.31. The monoisotopic (exact) mass is 292 g/mol. The Labute approximate surface area is 121 Å². The minimum atomic E-state index is -1.21. The Hall–Kier alpha value is -2.23. The lowest BCUT2D eigenvalue weighted by Gasteiger charge is -2.06. The van der Waals surface area contributed by atoms with E-state index in [1.807, 2.05) is 6.92 Å². The first-order valence-electron chi connectivity index (χ1n) is 6.55. The van der Waals surface area contributed by atoms with Gasteiger partial charge in [0.1, 0.15) is 11.6 Å². The maximum atomic E-state index is 14.1. The molecule has 0 unspecified atom stereocenters. The zero-order valence-electron chi connectivity index (χ0n) is 11.8. The van der Waals surface area contributed by atoms with Gasteiger partial charge in [0.15, 0.2) is 11.7 Å². The zero-order chi connectivity index (χ0) is 15.4. The van der Waals surface area contributed by atoms with Crippen LogP contribution in [0.2, 0.25) is 0 Å². The molecular weight excluding hydrogens is 277 g/mol. The molecule has 21 heavy (non-hydrogen) atoms. The van der Waals surface area contributed by atoms with Crippen LogP contribution in [-0.4, -0.2) is 7.11 Å². The predicted molar refractivity (Wildman–Crippen MR) is 77.8 cm³/mol. The molecule has 0 fully saturated rings. The van der Waals surface area contributed by atoms with Crippen molar-refractivity contribution in [2.24, 2.45) is 0 Å². The summed E-state index contributed by atoms with van der Waals surface area (Å²) >= 11 is 0. The third-order valence-corrected chi connectivity index (χ3v) is 3.21. The van der Waals surface area contributed by atoms with Gasteiger partial charge in [-0.2, -0.15) is 0 Å². The SMILES string of the molecule is CCc1ccc(/C(F)=C(\F)c2ccc(OC)cc2)c(F)c1. The molecule has 0 atom stereocenters. The molecule has 0 saturated heterocycles. The van der Waals surface area contributed by atoms with Crippen LogP contribution in [0.3, 0.4) is 0 Å². The van der Waals surface area contributed by atoms with Crippen molar-refractivity contribution < 1.29 is 17.9 Å². The molecule has 0 bridgehead atoms. The average molecular weight is 292 g/mol. The Morgan fingerprint density at radius 2 is 1.67 bits per heavy atom. The van der Waals surface area contributed by atoms with Crippen molar-refractivity contribution in [3.05, 3.63) is 65.0 Å². The summed E-state index contributed by atoms with van der Waals surface area (Å²) in [6, 6.07) is 9.84. The highest BCUT2D eigenvalue weighted by atomic mass is 19.2. The van der Waals surface area contributed by atoms with Gasteiger partial charge in [0.05, 0.1) is 7.11 Å². The lowest BCUT2D eigenvalue weighted by atomic mass is 10.1. The number of ether oxygens (including phenoxy) is 1. The van der Waals surface area contributed by atoms with Crippen molar-refractivity contribution >= 4 is 11.7 Å². The zero-order valence-corrected chi connectivity index (χ0v) is 11.8. The molecule has 0 spiro atoms. The van der Waals surface area contributed by atoms with E-state index < -0.39 is 17.5 Å². The molecule has 2 aromatic carbocycles. The van der Waals surface area contributed by atoms with E-state index in [0.29, 0.717) is 12.2 Å². The van der Waals surface area contributed by atoms with Crippen LogP contribution in [0.4, 0.5) is 13.2 Å². The van der Waals surface area contributed by atoms with E-state index in [4.69, 9.17) is 4.74 Å². The first-order chi connectivity index (χ1) is 10.1. The van der Waals surface area contributed by atoms with Crippen LogP contribution in [-0.2, 0) is 6.42 Å². The summed E-state index contributed by atoms with van der Waals surface area (Å²) in [6.45, 7) is 1.86.